The summed E-state index contributed by atoms with van der Waals surface area (Å²) in [5, 5.41) is 20.7. The summed E-state index contributed by atoms with van der Waals surface area (Å²) in [6.07, 6.45) is 0. The highest BCUT2D eigenvalue weighted by Gasteiger charge is 2.14. The van der Waals surface area contributed by atoms with Crippen LogP contribution in [0, 0.1) is 5.92 Å². The van der Waals surface area contributed by atoms with Gasteiger partial charge in [-0.3, -0.25) is 0 Å². The van der Waals surface area contributed by atoms with E-state index < -0.39 is 5.97 Å². The summed E-state index contributed by atoms with van der Waals surface area (Å²) in [6, 6.07) is 3.01. The van der Waals surface area contributed by atoms with Crippen molar-refractivity contribution in [3.63, 3.8) is 0 Å². The van der Waals surface area contributed by atoms with Crippen LogP contribution in [0.1, 0.15) is 36.2 Å². The molecule has 0 aliphatic carbocycles. The molecule has 0 aromatic carbocycles. The van der Waals surface area contributed by atoms with Crippen molar-refractivity contribution < 1.29 is 19.4 Å². The van der Waals surface area contributed by atoms with Gasteiger partial charge in [-0.05, 0) is 25.0 Å². The first kappa shape index (κ1) is 12.7. The summed E-state index contributed by atoms with van der Waals surface area (Å²) in [5.41, 5.74) is 0. The molecule has 90 valence electrons. The second-order valence-corrected chi connectivity index (χ2v) is 3.92. The first-order valence-corrected chi connectivity index (χ1v) is 5.21. The van der Waals surface area contributed by atoms with E-state index in [0.717, 1.165) is 0 Å². The second kappa shape index (κ2) is 5.67. The van der Waals surface area contributed by atoms with Crippen LogP contribution in [0.25, 0.3) is 0 Å². The Bertz CT molecular complexity index is 348. The minimum atomic E-state index is -1.07. The molecule has 1 aromatic rings. The summed E-state index contributed by atoms with van der Waals surface area (Å²) in [5.74, 6) is -0.375. The van der Waals surface area contributed by atoms with Gasteiger partial charge in [-0.1, -0.05) is 6.92 Å². The zero-order chi connectivity index (χ0) is 12.1. The van der Waals surface area contributed by atoms with E-state index in [9.17, 15) is 4.79 Å². The monoisotopic (exact) mass is 227 g/mol. The van der Waals surface area contributed by atoms with Crippen molar-refractivity contribution in [1.82, 2.24) is 5.32 Å². The Balaban J connectivity index is 2.52. The van der Waals surface area contributed by atoms with E-state index >= 15 is 0 Å². The van der Waals surface area contributed by atoms with Gasteiger partial charge in [-0.15, -0.1) is 0 Å². The molecule has 0 radical (unpaired) electrons. The Kier molecular flexibility index (Phi) is 4.52. The SMILES string of the molecule is CC(CO)CNC(C)c1ccc(C(=O)O)o1. The third-order valence-electron chi connectivity index (χ3n) is 2.35. The van der Waals surface area contributed by atoms with Crippen LogP contribution in [-0.4, -0.2) is 29.3 Å². The molecule has 3 N–H and O–H groups in total. The number of aliphatic hydroxyl groups is 1. The van der Waals surface area contributed by atoms with Crippen molar-refractivity contribution in [3.8, 4) is 0 Å². The molecule has 0 aliphatic rings. The standard InChI is InChI=1S/C11H17NO4/c1-7(6-13)5-12-8(2)9-3-4-10(16-9)11(14)15/h3-4,7-8,12-13H,5-6H2,1-2H3,(H,14,15). The number of aliphatic hydroxyl groups excluding tert-OH is 1. The summed E-state index contributed by atoms with van der Waals surface area (Å²) in [7, 11) is 0. The number of carbonyl (C=O) groups is 1. The van der Waals surface area contributed by atoms with Crippen molar-refractivity contribution in [2.75, 3.05) is 13.2 Å². The molecule has 1 rings (SSSR count). The summed E-state index contributed by atoms with van der Waals surface area (Å²) in [6.45, 7) is 4.58. The third-order valence-corrected chi connectivity index (χ3v) is 2.35. The molecule has 5 nitrogen and oxygen atoms in total. The van der Waals surface area contributed by atoms with Crippen LogP contribution in [0.5, 0.6) is 0 Å². The van der Waals surface area contributed by atoms with E-state index in [-0.39, 0.29) is 24.3 Å². The largest absolute Gasteiger partial charge is 0.475 e. The number of hydrogen-bond acceptors (Lipinski definition) is 4. The van der Waals surface area contributed by atoms with Crippen LogP contribution in [0.15, 0.2) is 16.5 Å². The molecule has 2 unspecified atom stereocenters. The maximum atomic E-state index is 10.6. The fourth-order valence-corrected chi connectivity index (χ4v) is 1.24. The van der Waals surface area contributed by atoms with Crippen LogP contribution in [-0.2, 0) is 0 Å². The van der Waals surface area contributed by atoms with Crippen LogP contribution in [0.3, 0.4) is 0 Å². The van der Waals surface area contributed by atoms with E-state index in [1.807, 2.05) is 13.8 Å². The molecule has 0 amide bonds. The van der Waals surface area contributed by atoms with Gasteiger partial charge in [0.1, 0.15) is 5.76 Å². The highest BCUT2D eigenvalue weighted by Crippen LogP contribution is 2.16. The average Bonchev–Trinajstić information content (AvgIpc) is 2.74. The van der Waals surface area contributed by atoms with Crippen LogP contribution in [0.4, 0.5) is 0 Å². The number of rotatable bonds is 6. The number of aromatic carboxylic acids is 1. The van der Waals surface area contributed by atoms with Crippen LogP contribution in [0.2, 0.25) is 0 Å². The number of carboxylic acids is 1. The van der Waals surface area contributed by atoms with E-state index in [4.69, 9.17) is 14.6 Å². The van der Waals surface area contributed by atoms with Gasteiger partial charge in [-0.2, -0.15) is 0 Å². The molecule has 0 aliphatic heterocycles. The molecule has 0 spiro atoms. The quantitative estimate of drug-likeness (QED) is 0.681. The highest BCUT2D eigenvalue weighted by atomic mass is 16.4. The molecule has 0 fully saturated rings. The summed E-state index contributed by atoms with van der Waals surface area (Å²) >= 11 is 0. The third kappa shape index (κ3) is 3.36. The molecule has 1 heterocycles. The molecular formula is C11H17NO4. The van der Waals surface area contributed by atoms with Crippen molar-refractivity contribution in [3.05, 3.63) is 23.7 Å². The van der Waals surface area contributed by atoms with Gasteiger partial charge in [0.25, 0.3) is 0 Å². The number of nitrogens with one attached hydrogen (secondary N) is 1. The minimum absolute atomic E-state index is 0.0566. The van der Waals surface area contributed by atoms with Gasteiger partial charge in [-0.25, -0.2) is 4.79 Å². The average molecular weight is 227 g/mol. The Labute approximate surface area is 94.1 Å². The second-order valence-electron chi connectivity index (χ2n) is 3.92. The van der Waals surface area contributed by atoms with Crippen LogP contribution < -0.4 is 5.32 Å². The summed E-state index contributed by atoms with van der Waals surface area (Å²) in [4.78, 5) is 10.6. The van der Waals surface area contributed by atoms with Gasteiger partial charge in [0.05, 0.1) is 6.04 Å². The molecule has 0 saturated heterocycles. The van der Waals surface area contributed by atoms with Crippen molar-refractivity contribution in [2.24, 2.45) is 5.92 Å². The molecule has 16 heavy (non-hydrogen) atoms. The predicted octanol–water partition coefficient (Wildman–Crippen LogP) is 1.26. The van der Waals surface area contributed by atoms with Gasteiger partial charge in [0, 0.05) is 13.2 Å². The molecule has 0 bridgehead atoms. The Morgan fingerprint density at radius 3 is 2.69 bits per heavy atom. The van der Waals surface area contributed by atoms with Crippen molar-refractivity contribution in [1.29, 1.82) is 0 Å². The summed E-state index contributed by atoms with van der Waals surface area (Å²) < 4.78 is 5.15. The molecule has 5 heteroatoms. The topological polar surface area (TPSA) is 82.7 Å². The van der Waals surface area contributed by atoms with Crippen LogP contribution >= 0.6 is 0 Å². The van der Waals surface area contributed by atoms with Gasteiger partial charge in [0.15, 0.2) is 0 Å². The number of hydrogen-bond donors (Lipinski definition) is 3. The van der Waals surface area contributed by atoms with E-state index in [1.54, 1.807) is 6.07 Å². The van der Waals surface area contributed by atoms with E-state index in [1.165, 1.54) is 6.07 Å². The fourth-order valence-electron chi connectivity index (χ4n) is 1.24. The van der Waals surface area contributed by atoms with Gasteiger partial charge in [0.2, 0.25) is 5.76 Å². The van der Waals surface area contributed by atoms with E-state index in [0.29, 0.717) is 12.3 Å². The first-order valence-electron chi connectivity index (χ1n) is 5.21. The Morgan fingerprint density at radius 2 is 2.19 bits per heavy atom. The van der Waals surface area contributed by atoms with Gasteiger partial charge < -0.3 is 19.9 Å². The maximum absolute atomic E-state index is 10.6. The lowest BCUT2D eigenvalue weighted by Crippen LogP contribution is -2.25. The molecule has 0 saturated carbocycles. The lowest BCUT2D eigenvalue weighted by atomic mass is 10.2. The number of furan rings is 1. The number of carboxylic acid groups (broad SMARTS) is 1. The predicted molar refractivity (Wildman–Crippen MR) is 58.3 cm³/mol. The lowest BCUT2D eigenvalue weighted by Gasteiger charge is -2.14. The molecule has 1 aromatic heterocycles. The molecular weight excluding hydrogens is 210 g/mol. The molecule has 2 atom stereocenters. The van der Waals surface area contributed by atoms with Crippen molar-refractivity contribution >= 4 is 5.97 Å². The Hall–Kier alpha value is -1.33. The normalized spacial score (nSPS) is 14.7. The zero-order valence-corrected chi connectivity index (χ0v) is 9.43. The van der Waals surface area contributed by atoms with E-state index in [2.05, 4.69) is 5.32 Å². The zero-order valence-electron chi connectivity index (χ0n) is 9.43. The maximum Gasteiger partial charge on any atom is 0.371 e. The fraction of sp³-hybridized carbons (Fsp3) is 0.545. The Morgan fingerprint density at radius 1 is 1.50 bits per heavy atom. The highest BCUT2D eigenvalue weighted by molar-refractivity contribution is 5.84. The smallest absolute Gasteiger partial charge is 0.371 e. The lowest BCUT2D eigenvalue weighted by molar-refractivity contribution is 0.0659. The first-order chi connectivity index (χ1) is 7.54. The van der Waals surface area contributed by atoms with Crippen molar-refractivity contribution in [2.45, 2.75) is 19.9 Å². The van der Waals surface area contributed by atoms with Gasteiger partial charge >= 0.3 is 5.97 Å². The minimum Gasteiger partial charge on any atom is -0.475 e.